The van der Waals surface area contributed by atoms with Crippen molar-refractivity contribution in [2.24, 2.45) is 10.2 Å². The summed E-state index contributed by atoms with van der Waals surface area (Å²) in [6.45, 7) is 0.167. The third-order valence-corrected chi connectivity index (χ3v) is 3.54. The van der Waals surface area contributed by atoms with Gasteiger partial charge in [-0.15, -0.1) is 5.10 Å². The maximum Gasteiger partial charge on any atom is 0.236 e. The molecule has 1 N–H and O–H groups in total. The van der Waals surface area contributed by atoms with Gasteiger partial charge < -0.3 is 14.8 Å². The Morgan fingerprint density at radius 2 is 2.32 bits per heavy atom. The Kier molecular flexibility index (Phi) is 3.31. The summed E-state index contributed by atoms with van der Waals surface area (Å²) >= 11 is 7.35. The van der Waals surface area contributed by atoms with Crippen molar-refractivity contribution < 1.29 is 14.3 Å². The van der Waals surface area contributed by atoms with E-state index in [2.05, 4.69) is 15.5 Å². The zero-order chi connectivity index (χ0) is 13.2. The number of nitrogens with one attached hydrogen (secondary N) is 1. The first-order chi connectivity index (χ1) is 9.22. The fourth-order valence-electron chi connectivity index (χ4n) is 1.59. The van der Waals surface area contributed by atoms with Crippen LogP contribution in [0.2, 0.25) is 5.02 Å². The molecule has 3 rings (SSSR count). The van der Waals surface area contributed by atoms with E-state index in [4.69, 9.17) is 21.1 Å². The third-order valence-electron chi connectivity index (χ3n) is 2.39. The highest BCUT2D eigenvalue weighted by molar-refractivity contribution is 8.15. The molecule has 1 aromatic carbocycles. The van der Waals surface area contributed by atoms with Gasteiger partial charge in [-0.25, -0.2) is 0 Å². The first kappa shape index (κ1) is 12.3. The van der Waals surface area contributed by atoms with Crippen LogP contribution in [0.4, 0.5) is 0 Å². The quantitative estimate of drug-likeness (QED) is 0.665. The normalized spacial score (nSPS) is 19.4. The van der Waals surface area contributed by atoms with Crippen LogP contribution in [-0.4, -0.2) is 29.8 Å². The van der Waals surface area contributed by atoms with Crippen LogP contribution in [0.1, 0.15) is 5.56 Å². The van der Waals surface area contributed by atoms with Gasteiger partial charge in [0, 0.05) is 5.56 Å². The summed E-state index contributed by atoms with van der Waals surface area (Å²) in [7, 11) is 0. The smallest absolute Gasteiger partial charge is 0.236 e. The molecule has 0 spiro atoms. The highest BCUT2D eigenvalue weighted by Crippen LogP contribution is 2.39. The average Bonchev–Trinajstić information content (AvgIpc) is 2.98. The number of nitrogens with zero attached hydrogens (tertiary/aromatic N) is 2. The molecular weight excluding hydrogens is 290 g/mol. The molecule has 0 bridgehead atoms. The minimum absolute atomic E-state index is 0.0647. The molecule has 0 saturated carbocycles. The van der Waals surface area contributed by atoms with E-state index in [1.165, 1.54) is 18.0 Å². The van der Waals surface area contributed by atoms with Crippen LogP contribution >= 0.6 is 23.4 Å². The predicted molar refractivity (Wildman–Crippen MR) is 73.2 cm³/mol. The lowest BCUT2D eigenvalue weighted by molar-refractivity contribution is -0.116. The summed E-state index contributed by atoms with van der Waals surface area (Å²) in [5.74, 6) is 1.45. The highest BCUT2D eigenvalue weighted by Gasteiger charge is 2.18. The van der Waals surface area contributed by atoms with E-state index in [1.54, 1.807) is 12.1 Å². The number of fused-ring (bicyclic) bond motifs is 1. The summed E-state index contributed by atoms with van der Waals surface area (Å²) in [5.41, 5.74) is 0.743. The lowest BCUT2D eigenvalue weighted by Crippen LogP contribution is -2.19. The Morgan fingerprint density at radius 1 is 1.42 bits per heavy atom. The molecule has 0 aromatic heterocycles. The standard InChI is InChI=1S/C11H8ClN3O3S/c12-7-1-6(2-8-10(7)18-5-17-8)3-13-15-11-14-9(16)4-19-11/h1-3H,4-5H2,(H,14,15,16). The highest BCUT2D eigenvalue weighted by atomic mass is 35.5. The number of hydrogen-bond acceptors (Lipinski definition) is 6. The van der Waals surface area contributed by atoms with Crippen LogP contribution in [0.15, 0.2) is 22.3 Å². The molecule has 0 radical (unpaired) electrons. The topological polar surface area (TPSA) is 72.3 Å². The molecule has 19 heavy (non-hydrogen) atoms. The van der Waals surface area contributed by atoms with Crippen molar-refractivity contribution in [3.63, 3.8) is 0 Å². The average molecular weight is 298 g/mol. The summed E-state index contributed by atoms with van der Waals surface area (Å²) < 4.78 is 10.5. The molecule has 0 unspecified atom stereocenters. The number of carbonyl (C=O) groups is 1. The lowest BCUT2D eigenvalue weighted by Gasteiger charge is -2.00. The lowest BCUT2D eigenvalue weighted by atomic mass is 10.2. The van der Waals surface area contributed by atoms with Gasteiger partial charge in [0.1, 0.15) is 0 Å². The van der Waals surface area contributed by atoms with E-state index < -0.39 is 0 Å². The van der Waals surface area contributed by atoms with Crippen molar-refractivity contribution in [3.8, 4) is 11.5 Å². The van der Waals surface area contributed by atoms with Gasteiger partial charge in [-0.2, -0.15) is 5.10 Å². The van der Waals surface area contributed by atoms with Crippen molar-refractivity contribution in [2.75, 3.05) is 12.5 Å². The van der Waals surface area contributed by atoms with E-state index in [1.807, 2.05) is 0 Å². The second-order valence-corrected chi connectivity index (χ2v) is 5.09. The van der Waals surface area contributed by atoms with Gasteiger partial charge in [0.2, 0.25) is 12.7 Å². The molecule has 98 valence electrons. The summed E-state index contributed by atoms with van der Waals surface area (Å²) in [6.07, 6.45) is 1.53. The van der Waals surface area contributed by atoms with Crippen LogP contribution < -0.4 is 14.8 Å². The monoisotopic (exact) mass is 297 g/mol. The van der Waals surface area contributed by atoms with Crippen LogP contribution in [-0.2, 0) is 4.79 Å². The first-order valence-corrected chi connectivity index (χ1v) is 6.71. The number of rotatable bonds is 2. The van der Waals surface area contributed by atoms with Crippen molar-refractivity contribution in [1.82, 2.24) is 5.32 Å². The Morgan fingerprint density at radius 3 is 3.11 bits per heavy atom. The van der Waals surface area contributed by atoms with Gasteiger partial charge >= 0.3 is 0 Å². The van der Waals surface area contributed by atoms with Gasteiger partial charge in [0.05, 0.1) is 17.0 Å². The molecule has 8 heteroatoms. The van der Waals surface area contributed by atoms with Gasteiger partial charge in [-0.05, 0) is 12.1 Å². The molecule has 0 aliphatic carbocycles. The van der Waals surface area contributed by atoms with Crippen LogP contribution in [0.5, 0.6) is 11.5 Å². The third kappa shape index (κ3) is 2.66. The van der Waals surface area contributed by atoms with Crippen LogP contribution in [0.25, 0.3) is 0 Å². The maximum absolute atomic E-state index is 10.9. The molecule has 0 atom stereocenters. The van der Waals surface area contributed by atoms with Gasteiger partial charge in [0.25, 0.3) is 0 Å². The Hall–Kier alpha value is -1.73. The largest absolute Gasteiger partial charge is 0.454 e. The number of carbonyl (C=O) groups excluding carboxylic acids is 1. The van der Waals surface area contributed by atoms with Crippen molar-refractivity contribution in [1.29, 1.82) is 0 Å². The molecule has 2 aliphatic rings. The number of thioether (sulfide) groups is 1. The van der Waals surface area contributed by atoms with E-state index in [0.717, 1.165) is 5.56 Å². The first-order valence-electron chi connectivity index (χ1n) is 5.35. The Labute approximate surface area is 117 Å². The van der Waals surface area contributed by atoms with Crippen LogP contribution in [0, 0.1) is 0 Å². The van der Waals surface area contributed by atoms with Crippen molar-refractivity contribution in [3.05, 3.63) is 22.7 Å². The number of ether oxygens (including phenoxy) is 2. The van der Waals surface area contributed by atoms with Gasteiger partial charge in [0.15, 0.2) is 16.7 Å². The fourth-order valence-corrected chi connectivity index (χ4v) is 2.49. The maximum atomic E-state index is 10.9. The zero-order valence-corrected chi connectivity index (χ0v) is 11.1. The van der Waals surface area contributed by atoms with E-state index >= 15 is 0 Å². The number of halogens is 1. The van der Waals surface area contributed by atoms with E-state index in [-0.39, 0.29) is 12.7 Å². The summed E-state index contributed by atoms with van der Waals surface area (Å²) in [5, 5.41) is 11.3. The minimum atomic E-state index is -0.0647. The van der Waals surface area contributed by atoms with Crippen LogP contribution in [0.3, 0.4) is 0 Å². The molecule has 1 aromatic rings. The molecule has 1 fully saturated rings. The minimum Gasteiger partial charge on any atom is -0.454 e. The molecule has 2 aliphatic heterocycles. The number of amides is 1. The molecular formula is C11H8ClN3O3S. The summed E-state index contributed by atoms with van der Waals surface area (Å²) in [6, 6.07) is 3.47. The predicted octanol–water partition coefficient (Wildman–Crippen LogP) is 1.62. The Balaban J connectivity index is 1.77. The molecule has 2 heterocycles. The van der Waals surface area contributed by atoms with Crippen molar-refractivity contribution >= 4 is 40.7 Å². The Bertz CT molecular complexity index is 603. The summed E-state index contributed by atoms with van der Waals surface area (Å²) in [4.78, 5) is 10.9. The second kappa shape index (κ2) is 5.10. The van der Waals surface area contributed by atoms with Gasteiger partial charge in [-0.3, -0.25) is 4.79 Å². The zero-order valence-electron chi connectivity index (χ0n) is 9.55. The number of benzene rings is 1. The second-order valence-electron chi connectivity index (χ2n) is 3.72. The van der Waals surface area contributed by atoms with Gasteiger partial charge in [-0.1, -0.05) is 23.4 Å². The van der Waals surface area contributed by atoms with Crippen molar-refractivity contribution in [2.45, 2.75) is 0 Å². The number of amidine groups is 1. The molecule has 1 amide bonds. The SMILES string of the molecule is O=C1CSC(=NN=Cc2cc(Cl)c3c(c2)OCO3)N1. The van der Waals surface area contributed by atoms with E-state index in [0.29, 0.717) is 27.4 Å². The molecule has 1 saturated heterocycles. The van der Waals surface area contributed by atoms with E-state index in [9.17, 15) is 4.79 Å². The molecule has 6 nitrogen and oxygen atoms in total. The number of hydrogen-bond donors (Lipinski definition) is 1. The fraction of sp³-hybridized carbons (Fsp3) is 0.182.